The van der Waals surface area contributed by atoms with Crippen molar-refractivity contribution in [2.75, 3.05) is 23.7 Å². The van der Waals surface area contributed by atoms with E-state index in [2.05, 4.69) is 15.5 Å². The molecular weight excluding hydrogens is 397 g/mol. The molecule has 1 atom stereocenters. The molecule has 0 aliphatic carbocycles. The Morgan fingerprint density at radius 3 is 2.18 bits per heavy atom. The Hall–Kier alpha value is -2.08. The van der Waals surface area contributed by atoms with Crippen LogP contribution in [0.5, 0.6) is 0 Å². The monoisotopic (exact) mass is 419 g/mol. The summed E-state index contributed by atoms with van der Waals surface area (Å²) in [5.74, 6) is -0.125. The largest absolute Gasteiger partial charge is 0.326 e. The van der Waals surface area contributed by atoms with Crippen LogP contribution in [0.4, 0.5) is 11.4 Å². The van der Waals surface area contributed by atoms with E-state index in [-0.39, 0.29) is 23.8 Å². The van der Waals surface area contributed by atoms with Gasteiger partial charge in [0.2, 0.25) is 11.8 Å². The van der Waals surface area contributed by atoms with E-state index in [4.69, 9.17) is 23.2 Å². The number of carbonyl (C=O) groups is 2. The average molecular weight is 420 g/mol. The smallest absolute Gasteiger partial charge is 0.241 e. The third-order valence-electron chi connectivity index (χ3n) is 5.00. The van der Waals surface area contributed by atoms with Crippen molar-refractivity contribution in [3.05, 3.63) is 58.6 Å². The lowest BCUT2D eigenvalue weighted by molar-refractivity contribution is -0.123. The van der Waals surface area contributed by atoms with Crippen molar-refractivity contribution in [3.63, 3.8) is 0 Å². The summed E-state index contributed by atoms with van der Waals surface area (Å²) in [6.45, 7) is 3.25. The van der Waals surface area contributed by atoms with Gasteiger partial charge in [0, 0.05) is 27.3 Å². The van der Waals surface area contributed by atoms with Crippen molar-refractivity contribution in [3.8, 4) is 0 Å². The van der Waals surface area contributed by atoms with Crippen molar-refractivity contribution in [2.45, 2.75) is 25.8 Å². The van der Waals surface area contributed by atoms with Crippen molar-refractivity contribution in [1.82, 2.24) is 4.90 Å². The first-order chi connectivity index (χ1) is 13.4. The van der Waals surface area contributed by atoms with Crippen LogP contribution >= 0.6 is 23.2 Å². The molecule has 1 aliphatic rings. The van der Waals surface area contributed by atoms with E-state index in [1.54, 1.807) is 18.2 Å². The van der Waals surface area contributed by atoms with Crippen LogP contribution in [0.1, 0.15) is 19.8 Å². The Bertz CT molecular complexity index is 817. The third-order valence-corrected chi connectivity index (χ3v) is 5.44. The minimum absolute atomic E-state index is 0.0384. The summed E-state index contributed by atoms with van der Waals surface area (Å²) in [7, 11) is 0. The zero-order chi connectivity index (χ0) is 20.1. The minimum Gasteiger partial charge on any atom is -0.326 e. The molecule has 2 aromatic rings. The summed E-state index contributed by atoms with van der Waals surface area (Å²) in [4.78, 5) is 27.1. The van der Waals surface area contributed by atoms with E-state index in [1.807, 2.05) is 37.3 Å². The van der Waals surface area contributed by atoms with Gasteiger partial charge >= 0.3 is 0 Å². The Balaban J connectivity index is 1.50. The molecule has 0 aromatic heterocycles. The molecule has 0 saturated carbocycles. The number of nitrogens with zero attached hydrogens (tertiary/aromatic N) is 1. The number of para-hydroxylation sites is 1. The number of anilines is 2. The molecule has 1 heterocycles. The van der Waals surface area contributed by atoms with Crippen LogP contribution in [0.25, 0.3) is 0 Å². The average Bonchev–Trinajstić information content (AvgIpc) is 2.67. The summed E-state index contributed by atoms with van der Waals surface area (Å²) in [5.41, 5.74) is 1.38. The Kier molecular flexibility index (Phi) is 6.94. The van der Waals surface area contributed by atoms with E-state index in [9.17, 15) is 9.59 Å². The predicted molar refractivity (Wildman–Crippen MR) is 114 cm³/mol. The molecule has 1 fully saturated rings. The maximum Gasteiger partial charge on any atom is 0.241 e. The molecule has 1 saturated heterocycles. The molecule has 148 valence electrons. The van der Waals surface area contributed by atoms with E-state index in [0.717, 1.165) is 18.5 Å². The highest BCUT2D eigenvalue weighted by Crippen LogP contribution is 2.24. The second-order valence-electron chi connectivity index (χ2n) is 6.99. The van der Waals surface area contributed by atoms with Gasteiger partial charge < -0.3 is 10.6 Å². The molecular formula is C21H23Cl2N3O2. The predicted octanol–water partition coefficient (Wildman–Crippen LogP) is 4.67. The number of halogens is 2. The van der Waals surface area contributed by atoms with Crippen molar-refractivity contribution in [1.29, 1.82) is 0 Å². The van der Waals surface area contributed by atoms with Gasteiger partial charge in [-0.05, 0) is 63.2 Å². The minimum atomic E-state index is -0.309. The molecule has 0 spiro atoms. The molecule has 28 heavy (non-hydrogen) atoms. The quantitative estimate of drug-likeness (QED) is 0.739. The Morgan fingerprint density at radius 2 is 1.57 bits per heavy atom. The number of nitrogens with one attached hydrogen (secondary N) is 2. The maximum atomic E-state index is 12.6. The number of likely N-dealkylation sites (tertiary alicyclic amines) is 1. The first-order valence-electron chi connectivity index (χ1n) is 9.29. The van der Waals surface area contributed by atoms with E-state index < -0.39 is 0 Å². The van der Waals surface area contributed by atoms with Gasteiger partial charge in [-0.1, -0.05) is 41.4 Å². The van der Waals surface area contributed by atoms with Crippen LogP contribution in [-0.2, 0) is 9.59 Å². The second-order valence-corrected chi connectivity index (χ2v) is 7.86. The topological polar surface area (TPSA) is 61.4 Å². The van der Waals surface area contributed by atoms with Gasteiger partial charge in [-0.25, -0.2) is 0 Å². The standard InChI is InChI=1S/C21H23Cl2N3O2/c1-14(20(27)25-19-12-16(22)11-17(23)13-19)26-9-7-15(8-10-26)21(28)24-18-5-3-2-4-6-18/h2-6,11-15H,7-10H2,1H3,(H,24,28)(H,25,27)/t14-/m1/s1. The second kappa shape index (κ2) is 9.41. The summed E-state index contributed by atoms with van der Waals surface area (Å²) in [6.07, 6.45) is 1.44. The molecule has 2 amide bonds. The zero-order valence-corrected chi connectivity index (χ0v) is 17.1. The van der Waals surface area contributed by atoms with E-state index >= 15 is 0 Å². The zero-order valence-electron chi connectivity index (χ0n) is 15.6. The van der Waals surface area contributed by atoms with Crippen LogP contribution in [-0.4, -0.2) is 35.8 Å². The molecule has 2 N–H and O–H groups in total. The fourth-order valence-electron chi connectivity index (χ4n) is 3.35. The molecule has 2 aromatic carbocycles. The van der Waals surface area contributed by atoms with Crippen LogP contribution < -0.4 is 10.6 Å². The number of piperidine rings is 1. The van der Waals surface area contributed by atoms with Gasteiger partial charge in [0.25, 0.3) is 0 Å². The number of rotatable bonds is 5. The molecule has 3 rings (SSSR count). The van der Waals surface area contributed by atoms with Crippen molar-refractivity contribution < 1.29 is 9.59 Å². The third kappa shape index (κ3) is 5.47. The van der Waals surface area contributed by atoms with Crippen LogP contribution in [0.3, 0.4) is 0 Å². The fourth-order valence-corrected chi connectivity index (χ4v) is 3.88. The molecule has 0 bridgehead atoms. The summed E-state index contributed by atoms with van der Waals surface area (Å²) in [6, 6.07) is 14.1. The number of amides is 2. The lowest BCUT2D eigenvalue weighted by atomic mass is 9.94. The summed E-state index contributed by atoms with van der Waals surface area (Å²) >= 11 is 12.0. The van der Waals surface area contributed by atoms with E-state index in [1.165, 1.54) is 0 Å². The lowest BCUT2D eigenvalue weighted by Gasteiger charge is -2.34. The highest BCUT2D eigenvalue weighted by molar-refractivity contribution is 6.35. The van der Waals surface area contributed by atoms with Crippen molar-refractivity contribution in [2.24, 2.45) is 5.92 Å². The van der Waals surface area contributed by atoms with E-state index in [0.29, 0.717) is 28.8 Å². The summed E-state index contributed by atoms with van der Waals surface area (Å²) in [5, 5.41) is 6.76. The Morgan fingerprint density at radius 1 is 0.964 bits per heavy atom. The maximum absolute atomic E-state index is 12.6. The molecule has 5 nitrogen and oxygen atoms in total. The van der Waals surface area contributed by atoms with Gasteiger partial charge in [0.15, 0.2) is 0 Å². The van der Waals surface area contributed by atoms with Gasteiger partial charge in [-0.3, -0.25) is 14.5 Å². The van der Waals surface area contributed by atoms with Gasteiger partial charge in [-0.2, -0.15) is 0 Å². The molecule has 0 radical (unpaired) electrons. The number of hydrogen-bond donors (Lipinski definition) is 2. The normalized spacial score (nSPS) is 16.4. The highest BCUT2D eigenvalue weighted by Gasteiger charge is 2.29. The Labute approximate surface area is 175 Å². The molecule has 1 aliphatic heterocycles. The van der Waals surface area contributed by atoms with Gasteiger partial charge in [-0.15, -0.1) is 0 Å². The number of hydrogen-bond acceptors (Lipinski definition) is 3. The first-order valence-corrected chi connectivity index (χ1v) is 10.0. The number of benzene rings is 2. The van der Waals surface area contributed by atoms with Crippen LogP contribution in [0.15, 0.2) is 48.5 Å². The number of carbonyl (C=O) groups excluding carboxylic acids is 2. The SMILES string of the molecule is C[C@H](C(=O)Nc1cc(Cl)cc(Cl)c1)N1CCC(C(=O)Nc2ccccc2)CC1. The highest BCUT2D eigenvalue weighted by atomic mass is 35.5. The summed E-state index contributed by atoms with van der Waals surface area (Å²) < 4.78 is 0. The van der Waals surface area contributed by atoms with Crippen LogP contribution in [0, 0.1) is 5.92 Å². The molecule has 0 unspecified atom stereocenters. The van der Waals surface area contributed by atoms with Crippen LogP contribution in [0.2, 0.25) is 10.0 Å². The fraction of sp³-hybridized carbons (Fsp3) is 0.333. The lowest BCUT2D eigenvalue weighted by Crippen LogP contribution is -2.47. The molecule has 7 heteroatoms. The first kappa shape index (κ1) is 20.6. The van der Waals surface area contributed by atoms with Crippen molar-refractivity contribution >= 4 is 46.4 Å². The van der Waals surface area contributed by atoms with Gasteiger partial charge in [0.05, 0.1) is 6.04 Å². The van der Waals surface area contributed by atoms with Gasteiger partial charge in [0.1, 0.15) is 0 Å².